The second kappa shape index (κ2) is 9.81. The number of anilines is 1. The van der Waals surface area contributed by atoms with Crippen molar-refractivity contribution in [2.24, 2.45) is 5.92 Å². The van der Waals surface area contributed by atoms with Gasteiger partial charge >= 0.3 is 6.03 Å². The minimum Gasteiger partial charge on any atom is -0.337 e. The molecule has 2 aromatic carbocycles. The number of sulfone groups is 1. The van der Waals surface area contributed by atoms with Crippen molar-refractivity contribution in [1.29, 1.82) is 0 Å². The van der Waals surface area contributed by atoms with E-state index in [9.17, 15) is 13.2 Å². The van der Waals surface area contributed by atoms with Gasteiger partial charge in [-0.2, -0.15) is 0 Å². The van der Waals surface area contributed by atoms with E-state index in [1.165, 1.54) is 43.4 Å². The topological polar surface area (TPSA) is 78.5 Å². The minimum absolute atomic E-state index is 0.188. The molecule has 2 bridgehead atoms. The summed E-state index contributed by atoms with van der Waals surface area (Å²) in [5.74, 6) is 0.698. The smallest absolute Gasteiger partial charge is 0.319 e. The lowest BCUT2D eigenvalue weighted by molar-refractivity contribution is 0.105. The van der Waals surface area contributed by atoms with Gasteiger partial charge in [-0.1, -0.05) is 29.8 Å². The summed E-state index contributed by atoms with van der Waals surface area (Å²) in [5, 5.41) is 6.42. The Morgan fingerprint density at radius 2 is 1.78 bits per heavy atom. The summed E-state index contributed by atoms with van der Waals surface area (Å²) in [6.07, 6.45) is 7.11. The quantitative estimate of drug-likeness (QED) is 0.624. The van der Waals surface area contributed by atoms with E-state index in [0.717, 1.165) is 24.2 Å². The molecule has 2 unspecified atom stereocenters. The molecule has 2 amide bonds. The Morgan fingerprint density at radius 1 is 1.09 bits per heavy atom. The Morgan fingerprint density at radius 3 is 2.44 bits per heavy atom. The van der Waals surface area contributed by atoms with Gasteiger partial charge in [0.05, 0.1) is 4.90 Å². The average Bonchev–Trinajstić information content (AvgIpc) is 2.98. The molecule has 2 N–H and O–H groups in total. The van der Waals surface area contributed by atoms with Gasteiger partial charge in [0.25, 0.3) is 0 Å². The molecular formula is C24H30ClN3O3S. The van der Waals surface area contributed by atoms with Crippen LogP contribution in [0.5, 0.6) is 0 Å². The molecular weight excluding hydrogens is 446 g/mol. The van der Waals surface area contributed by atoms with E-state index in [1.807, 2.05) is 12.1 Å². The fourth-order valence-corrected chi connectivity index (χ4v) is 5.94. The van der Waals surface area contributed by atoms with Crippen LogP contribution in [-0.4, -0.2) is 50.8 Å². The van der Waals surface area contributed by atoms with E-state index in [2.05, 4.69) is 27.7 Å². The highest BCUT2D eigenvalue weighted by molar-refractivity contribution is 7.90. The van der Waals surface area contributed by atoms with Gasteiger partial charge in [0.2, 0.25) is 0 Å². The number of carbonyl (C=O) groups excluding carboxylic acids is 1. The molecule has 0 aromatic heterocycles. The van der Waals surface area contributed by atoms with Crippen molar-refractivity contribution < 1.29 is 13.2 Å². The minimum atomic E-state index is -3.31. The van der Waals surface area contributed by atoms with Crippen LogP contribution >= 0.6 is 11.6 Å². The average molecular weight is 476 g/mol. The fourth-order valence-electron chi connectivity index (χ4n) is 5.15. The highest BCUT2D eigenvalue weighted by Crippen LogP contribution is 2.39. The van der Waals surface area contributed by atoms with Crippen LogP contribution in [0.25, 0.3) is 0 Å². The number of hydrogen-bond donors (Lipinski definition) is 2. The number of piperidine rings is 1. The first kappa shape index (κ1) is 23.1. The van der Waals surface area contributed by atoms with Gasteiger partial charge in [-0.15, -0.1) is 0 Å². The van der Waals surface area contributed by atoms with Crippen LogP contribution in [0.15, 0.2) is 53.4 Å². The van der Waals surface area contributed by atoms with Crippen LogP contribution in [0.1, 0.15) is 31.2 Å². The van der Waals surface area contributed by atoms with E-state index in [0.29, 0.717) is 30.2 Å². The lowest BCUT2D eigenvalue weighted by Crippen LogP contribution is -2.47. The van der Waals surface area contributed by atoms with Gasteiger partial charge in [-0.05, 0) is 73.9 Å². The predicted molar refractivity (Wildman–Crippen MR) is 128 cm³/mol. The summed E-state index contributed by atoms with van der Waals surface area (Å²) in [5.41, 5.74) is 1.82. The van der Waals surface area contributed by atoms with Crippen LogP contribution in [0.2, 0.25) is 5.02 Å². The van der Waals surface area contributed by atoms with Crippen molar-refractivity contribution in [3.63, 3.8) is 0 Å². The van der Waals surface area contributed by atoms with Gasteiger partial charge in [-0.25, -0.2) is 13.2 Å². The summed E-state index contributed by atoms with van der Waals surface area (Å²) >= 11 is 6.01. The first-order valence-corrected chi connectivity index (χ1v) is 13.4. The summed E-state index contributed by atoms with van der Waals surface area (Å²) in [6.45, 7) is 1.40. The number of fused-ring (bicyclic) bond motifs is 2. The van der Waals surface area contributed by atoms with Crippen LogP contribution in [0.3, 0.4) is 0 Å². The number of amides is 2. The van der Waals surface area contributed by atoms with Crippen molar-refractivity contribution in [2.45, 2.75) is 49.1 Å². The van der Waals surface area contributed by atoms with Crippen molar-refractivity contribution in [2.75, 3.05) is 24.7 Å². The third kappa shape index (κ3) is 5.82. The third-order valence-electron chi connectivity index (χ3n) is 6.60. The van der Waals surface area contributed by atoms with Crippen LogP contribution in [0, 0.1) is 5.92 Å². The zero-order valence-electron chi connectivity index (χ0n) is 18.3. The molecule has 2 heterocycles. The maximum Gasteiger partial charge on any atom is 0.319 e. The Balaban J connectivity index is 1.24. The summed E-state index contributed by atoms with van der Waals surface area (Å²) in [7, 11) is -3.31. The van der Waals surface area contributed by atoms with Crippen LogP contribution < -0.4 is 10.6 Å². The summed E-state index contributed by atoms with van der Waals surface area (Å²) in [6, 6.07) is 15.3. The highest BCUT2D eigenvalue weighted by Gasteiger charge is 2.40. The fraction of sp³-hybridized carbons (Fsp3) is 0.458. The van der Waals surface area contributed by atoms with Crippen molar-refractivity contribution in [1.82, 2.24) is 10.2 Å². The summed E-state index contributed by atoms with van der Waals surface area (Å²) < 4.78 is 23.4. The van der Waals surface area contributed by atoms with Crippen LogP contribution in [-0.2, 0) is 16.3 Å². The third-order valence-corrected chi connectivity index (χ3v) is 7.96. The molecule has 4 rings (SSSR count). The molecule has 6 nitrogen and oxygen atoms in total. The number of nitrogens with zero attached hydrogens (tertiary/aromatic N) is 1. The SMILES string of the molecule is CS(=O)(=O)c1cccc(NC(=O)NCCN2C3CCC2CC(Cc2ccc(Cl)cc2)C3)c1. The molecule has 32 heavy (non-hydrogen) atoms. The van der Waals surface area contributed by atoms with E-state index < -0.39 is 9.84 Å². The van der Waals surface area contributed by atoms with E-state index >= 15 is 0 Å². The molecule has 2 aliphatic rings. The number of rotatable bonds is 7. The number of nitrogens with one attached hydrogen (secondary N) is 2. The Hall–Kier alpha value is -2.09. The first-order chi connectivity index (χ1) is 15.3. The van der Waals surface area contributed by atoms with Gasteiger partial charge in [-0.3, -0.25) is 4.90 Å². The van der Waals surface area contributed by atoms with E-state index in [-0.39, 0.29) is 10.9 Å². The zero-order chi connectivity index (χ0) is 22.7. The summed E-state index contributed by atoms with van der Waals surface area (Å²) in [4.78, 5) is 15.0. The zero-order valence-corrected chi connectivity index (χ0v) is 19.8. The molecule has 0 radical (unpaired) electrons. The van der Waals surface area contributed by atoms with Gasteiger partial charge in [0, 0.05) is 42.1 Å². The normalized spacial score (nSPS) is 23.1. The molecule has 0 spiro atoms. The van der Waals surface area contributed by atoms with Gasteiger partial charge in [0.1, 0.15) is 0 Å². The van der Waals surface area contributed by atoms with E-state index in [4.69, 9.17) is 11.6 Å². The maximum absolute atomic E-state index is 12.3. The molecule has 172 valence electrons. The number of halogens is 1. The highest BCUT2D eigenvalue weighted by atomic mass is 35.5. The molecule has 8 heteroatoms. The molecule has 2 atom stereocenters. The lowest BCUT2D eigenvalue weighted by atomic mass is 9.86. The Bertz CT molecular complexity index is 1040. The Labute approximate surface area is 195 Å². The lowest BCUT2D eigenvalue weighted by Gasteiger charge is -2.39. The molecule has 2 aromatic rings. The number of benzene rings is 2. The monoisotopic (exact) mass is 475 g/mol. The van der Waals surface area contributed by atoms with E-state index in [1.54, 1.807) is 12.1 Å². The molecule has 2 aliphatic heterocycles. The van der Waals surface area contributed by atoms with Crippen molar-refractivity contribution in [3.8, 4) is 0 Å². The van der Waals surface area contributed by atoms with Gasteiger partial charge < -0.3 is 10.6 Å². The number of hydrogen-bond acceptors (Lipinski definition) is 4. The van der Waals surface area contributed by atoms with Crippen molar-refractivity contribution >= 4 is 33.2 Å². The van der Waals surface area contributed by atoms with Gasteiger partial charge in [0.15, 0.2) is 9.84 Å². The predicted octanol–water partition coefficient (Wildman–Crippen LogP) is 4.35. The Kier molecular flexibility index (Phi) is 7.08. The molecule has 2 fully saturated rings. The standard InChI is InChI=1S/C24H30ClN3O3S/c1-32(30,31)23-4-2-3-20(16-23)27-24(29)26-11-12-28-21-9-10-22(28)15-18(14-21)13-17-5-7-19(25)8-6-17/h2-8,16,18,21-22H,9-15H2,1H3,(H2,26,27,29). The molecule has 0 aliphatic carbocycles. The largest absolute Gasteiger partial charge is 0.337 e. The number of carbonyl (C=O) groups is 1. The number of urea groups is 1. The first-order valence-electron chi connectivity index (χ1n) is 11.1. The second-order valence-electron chi connectivity index (χ2n) is 8.97. The van der Waals surface area contributed by atoms with Crippen molar-refractivity contribution in [3.05, 3.63) is 59.1 Å². The molecule has 0 saturated carbocycles. The van der Waals surface area contributed by atoms with Crippen LogP contribution in [0.4, 0.5) is 10.5 Å². The molecule has 2 saturated heterocycles. The second-order valence-corrected chi connectivity index (χ2v) is 11.4. The maximum atomic E-state index is 12.3.